The number of hydrogen-bond donors (Lipinski definition) is 1. The molecule has 27 heavy (non-hydrogen) atoms. The molecule has 0 bridgehead atoms. The minimum atomic E-state index is 0.354. The second kappa shape index (κ2) is 9.27. The zero-order valence-electron chi connectivity index (χ0n) is 13.9. The molecule has 140 valence electrons. The van der Waals surface area contributed by atoms with Crippen LogP contribution >= 0.6 is 58.0 Å². The van der Waals surface area contributed by atoms with Crippen molar-refractivity contribution in [2.24, 2.45) is 0 Å². The Hall–Kier alpha value is -1.29. The van der Waals surface area contributed by atoms with E-state index >= 15 is 0 Å². The van der Waals surface area contributed by atoms with E-state index in [9.17, 15) is 0 Å². The number of anilines is 1. The topological polar surface area (TPSA) is 21.3 Å². The summed E-state index contributed by atoms with van der Waals surface area (Å²) in [5.74, 6) is 0.711. The summed E-state index contributed by atoms with van der Waals surface area (Å²) in [7, 11) is 0. The van der Waals surface area contributed by atoms with Crippen molar-refractivity contribution in [1.82, 2.24) is 0 Å². The van der Waals surface area contributed by atoms with E-state index in [1.54, 1.807) is 30.3 Å². The highest BCUT2D eigenvalue weighted by Crippen LogP contribution is 2.29. The van der Waals surface area contributed by atoms with E-state index in [2.05, 4.69) is 5.32 Å². The first-order chi connectivity index (χ1) is 12.9. The number of hydrogen-bond acceptors (Lipinski definition) is 2. The Kier molecular flexibility index (Phi) is 7.02. The van der Waals surface area contributed by atoms with E-state index in [4.69, 9.17) is 62.7 Å². The summed E-state index contributed by atoms with van der Waals surface area (Å²) in [6, 6.07) is 16.1. The molecule has 0 saturated carbocycles. The lowest BCUT2D eigenvalue weighted by molar-refractivity contribution is 0.303. The summed E-state index contributed by atoms with van der Waals surface area (Å²) in [6.07, 6.45) is 0. The van der Waals surface area contributed by atoms with E-state index in [-0.39, 0.29) is 0 Å². The Balaban J connectivity index is 1.73. The fraction of sp³-hybridized carbons (Fsp3) is 0.100. The number of rotatable bonds is 6. The van der Waals surface area contributed by atoms with Crippen molar-refractivity contribution in [3.8, 4) is 5.75 Å². The van der Waals surface area contributed by atoms with Crippen LogP contribution in [0.1, 0.15) is 11.1 Å². The van der Waals surface area contributed by atoms with Gasteiger partial charge in [0, 0.05) is 22.2 Å². The normalized spacial score (nSPS) is 10.7. The van der Waals surface area contributed by atoms with Crippen LogP contribution in [0.25, 0.3) is 0 Å². The second-order valence-corrected chi connectivity index (χ2v) is 7.86. The smallest absolute Gasteiger partial charge is 0.124 e. The summed E-state index contributed by atoms with van der Waals surface area (Å²) in [5.41, 5.74) is 2.59. The zero-order chi connectivity index (χ0) is 19.4. The van der Waals surface area contributed by atoms with Gasteiger partial charge in [-0.2, -0.15) is 0 Å². The average Bonchev–Trinajstić information content (AvgIpc) is 2.63. The molecule has 0 heterocycles. The van der Waals surface area contributed by atoms with Gasteiger partial charge in [0.15, 0.2) is 0 Å². The Labute approximate surface area is 182 Å². The second-order valence-electron chi connectivity index (χ2n) is 5.77. The van der Waals surface area contributed by atoms with Gasteiger partial charge in [0.1, 0.15) is 12.4 Å². The van der Waals surface area contributed by atoms with E-state index in [1.807, 2.05) is 24.3 Å². The molecule has 0 fully saturated rings. The van der Waals surface area contributed by atoms with Crippen molar-refractivity contribution in [1.29, 1.82) is 0 Å². The molecule has 0 saturated heterocycles. The van der Waals surface area contributed by atoms with Crippen molar-refractivity contribution in [3.63, 3.8) is 0 Å². The average molecular weight is 462 g/mol. The van der Waals surface area contributed by atoms with Crippen LogP contribution in [0.4, 0.5) is 5.69 Å². The maximum absolute atomic E-state index is 6.21. The third-order valence-electron chi connectivity index (χ3n) is 3.80. The third kappa shape index (κ3) is 5.60. The number of ether oxygens (including phenoxy) is 1. The molecule has 0 atom stereocenters. The number of benzene rings is 3. The van der Waals surface area contributed by atoms with Crippen LogP contribution in [0.5, 0.6) is 5.75 Å². The third-order valence-corrected chi connectivity index (χ3v) is 5.32. The zero-order valence-corrected chi connectivity index (χ0v) is 17.7. The van der Waals surface area contributed by atoms with Crippen LogP contribution in [0.3, 0.4) is 0 Å². The van der Waals surface area contributed by atoms with Crippen molar-refractivity contribution in [2.45, 2.75) is 13.2 Å². The highest BCUT2D eigenvalue weighted by molar-refractivity contribution is 6.42. The lowest BCUT2D eigenvalue weighted by Gasteiger charge is -2.14. The van der Waals surface area contributed by atoms with E-state index in [1.165, 1.54) is 0 Å². The van der Waals surface area contributed by atoms with Crippen molar-refractivity contribution in [2.75, 3.05) is 5.32 Å². The molecule has 2 nitrogen and oxygen atoms in total. The van der Waals surface area contributed by atoms with E-state index in [0.29, 0.717) is 44.0 Å². The molecular formula is C20H14Cl5NO. The van der Waals surface area contributed by atoms with Gasteiger partial charge in [-0.05, 0) is 54.1 Å². The first-order valence-electron chi connectivity index (χ1n) is 7.96. The molecule has 3 rings (SSSR count). The molecule has 3 aromatic carbocycles. The molecule has 3 aromatic rings. The van der Waals surface area contributed by atoms with Gasteiger partial charge in [0.05, 0.1) is 20.8 Å². The van der Waals surface area contributed by atoms with Gasteiger partial charge < -0.3 is 10.1 Å². The van der Waals surface area contributed by atoms with Crippen LogP contribution < -0.4 is 10.1 Å². The Morgan fingerprint density at radius 3 is 2.19 bits per heavy atom. The largest absolute Gasteiger partial charge is 0.489 e. The fourth-order valence-electron chi connectivity index (χ4n) is 2.44. The van der Waals surface area contributed by atoms with Crippen LogP contribution in [-0.4, -0.2) is 0 Å². The van der Waals surface area contributed by atoms with Crippen LogP contribution in [0, 0.1) is 0 Å². The molecular weight excluding hydrogens is 447 g/mol. The predicted octanol–water partition coefficient (Wildman–Crippen LogP) is 8.14. The van der Waals surface area contributed by atoms with Gasteiger partial charge in [-0.25, -0.2) is 0 Å². The van der Waals surface area contributed by atoms with Crippen LogP contribution in [0.15, 0.2) is 54.6 Å². The first-order valence-corrected chi connectivity index (χ1v) is 9.85. The predicted molar refractivity (Wildman–Crippen MR) is 116 cm³/mol. The minimum absolute atomic E-state index is 0.354. The maximum Gasteiger partial charge on any atom is 0.124 e. The Morgan fingerprint density at radius 1 is 0.704 bits per heavy atom. The van der Waals surface area contributed by atoms with Gasteiger partial charge in [0.25, 0.3) is 0 Å². The highest BCUT2D eigenvalue weighted by atomic mass is 35.5. The van der Waals surface area contributed by atoms with Gasteiger partial charge in [0.2, 0.25) is 0 Å². The van der Waals surface area contributed by atoms with E-state index < -0.39 is 0 Å². The summed E-state index contributed by atoms with van der Waals surface area (Å²) in [6.45, 7) is 0.839. The summed E-state index contributed by atoms with van der Waals surface area (Å²) in [5, 5.41) is 6.02. The van der Waals surface area contributed by atoms with Gasteiger partial charge in [-0.15, -0.1) is 0 Å². The first kappa shape index (κ1) is 20.4. The molecule has 0 aliphatic carbocycles. The lowest BCUT2D eigenvalue weighted by atomic mass is 10.2. The van der Waals surface area contributed by atoms with Crippen molar-refractivity contribution >= 4 is 63.7 Å². The Morgan fingerprint density at radius 2 is 1.44 bits per heavy atom. The van der Waals surface area contributed by atoms with Crippen LogP contribution in [-0.2, 0) is 13.2 Å². The molecule has 0 spiro atoms. The number of nitrogens with one attached hydrogen (secondary N) is 1. The van der Waals surface area contributed by atoms with Crippen LogP contribution in [0.2, 0.25) is 25.1 Å². The molecule has 0 aliphatic rings. The van der Waals surface area contributed by atoms with Gasteiger partial charge in [-0.1, -0.05) is 64.1 Å². The van der Waals surface area contributed by atoms with Crippen molar-refractivity contribution < 1.29 is 4.74 Å². The molecule has 0 amide bonds. The molecule has 0 aliphatic heterocycles. The summed E-state index contributed by atoms with van der Waals surface area (Å²) >= 11 is 30.3. The molecule has 0 radical (unpaired) electrons. The molecule has 0 aromatic heterocycles. The summed E-state index contributed by atoms with van der Waals surface area (Å²) < 4.78 is 5.96. The van der Waals surface area contributed by atoms with Gasteiger partial charge >= 0.3 is 0 Å². The standard InChI is InChI=1S/C20H14Cl5NO/c21-14-3-6-20(27-11-12-1-4-16(23)17(24)7-12)13(8-14)10-26-19-5-2-15(22)9-18(19)25/h1-9,26H,10-11H2. The molecule has 0 unspecified atom stereocenters. The minimum Gasteiger partial charge on any atom is -0.489 e. The molecule has 7 heteroatoms. The molecule has 1 N–H and O–H groups in total. The highest BCUT2D eigenvalue weighted by Gasteiger charge is 2.08. The van der Waals surface area contributed by atoms with Crippen molar-refractivity contribution in [3.05, 3.63) is 90.8 Å². The summed E-state index contributed by atoms with van der Waals surface area (Å²) in [4.78, 5) is 0. The Bertz CT molecular complexity index is 961. The fourth-order valence-corrected chi connectivity index (χ4v) is 3.43. The maximum atomic E-state index is 6.21. The van der Waals surface area contributed by atoms with Gasteiger partial charge in [-0.3, -0.25) is 0 Å². The SMILES string of the molecule is Clc1ccc(NCc2cc(Cl)ccc2OCc2ccc(Cl)c(Cl)c2)c(Cl)c1. The lowest BCUT2D eigenvalue weighted by Crippen LogP contribution is -2.04. The number of halogens is 5. The van der Waals surface area contributed by atoms with E-state index in [0.717, 1.165) is 16.8 Å². The quantitative estimate of drug-likeness (QED) is 0.400. The monoisotopic (exact) mass is 459 g/mol.